The van der Waals surface area contributed by atoms with E-state index in [1.54, 1.807) is 0 Å². The maximum Gasteiger partial charge on any atom is 0.513 e. The van der Waals surface area contributed by atoms with Crippen molar-refractivity contribution >= 4 is 6.16 Å². The molecule has 0 heterocycles. The van der Waals surface area contributed by atoms with Crippen molar-refractivity contribution in [1.82, 2.24) is 0 Å². The predicted molar refractivity (Wildman–Crippen MR) is 129 cm³/mol. The van der Waals surface area contributed by atoms with Gasteiger partial charge < -0.3 is 9.47 Å². The van der Waals surface area contributed by atoms with Crippen molar-refractivity contribution in [1.29, 1.82) is 0 Å². The number of hydrogen-bond donors (Lipinski definition) is 0. The van der Waals surface area contributed by atoms with Crippen LogP contribution in [0.2, 0.25) is 0 Å². The molecule has 0 radical (unpaired) electrons. The van der Waals surface area contributed by atoms with Crippen LogP contribution in [0.1, 0.15) is 88.3 Å². The van der Waals surface area contributed by atoms with Crippen molar-refractivity contribution in [2.75, 3.05) is 6.61 Å². The molecule has 2 rings (SSSR count). The molecule has 0 saturated carbocycles. The van der Waals surface area contributed by atoms with E-state index in [9.17, 15) is 4.79 Å². The first kappa shape index (κ1) is 25.0. The molecule has 0 aromatic heterocycles. The van der Waals surface area contributed by atoms with Crippen LogP contribution in [-0.2, 0) is 24.0 Å². The molecular weight excluding hydrogens is 384 g/mol. The number of unbranched alkanes of at least 4 members (excludes halogenated alkanes) is 6. The summed E-state index contributed by atoms with van der Waals surface area (Å²) in [5.74, 6) is 0.674. The van der Waals surface area contributed by atoms with Crippen LogP contribution in [0.5, 0.6) is 5.75 Å². The molecule has 0 unspecified atom stereocenters. The number of hydrogen-bond acceptors (Lipinski definition) is 3. The number of carbonyl (C=O) groups is 1. The molecule has 3 heteroatoms. The molecule has 3 nitrogen and oxygen atoms in total. The molecule has 0 N–H and O–H groups in total. The van der Waals surface area contributed by atoms with Gasteiger partial charge in [0, 0.05) is 0 Å². The summed E-state index contributed by atoms with van der Waals surface area (Å²) in [6, 6.07) is 16.7. The molecule has 0 aliphatic heterocycles. The zero-order valence-corrected chi connectivity index (χ0v) is 19.5. The van der Waals surface area contributed by atoms with Gasteiger partial charge in [0.2, 0.25) is 0 Å². The third-order valence-electron chi connectivity index (χ3n) is 5.68. The summed E-state index contributed by atoms with van der Waals surface area (Å²) >= 11 is 0. The number of rotatable bonds is 15. The van der Waals surface area contributed by atoms with E-state index >= 15 is 0 Å². The molecular formula is C28H40O3. The Morgan fingerprint density at radius 2 is 1.42 bits per heavy atom. The SMILES string of the molecule is CCCCc1cccc(OC(=O)OCCCCCCCc2ccccc2)c1CCCC. The van der Waals surface area contributed by atoms with Crippen LogP contribution >= 0.6 is 0 Å². The third kappa shape index (κ3) is 10.0. The van der Waals surface area contributed by atoms with Gasteiger partial charge >= 0.3 is 6.16 Å². The maximum absolute atomic E-state index is 12.2. The van der Waals surface area contributed by atoms with Gasteiger partial charge in [-0.05, 0) is 67.7 Å². The van der Waals surface area contributed by atoms with Gasteiger partial charge in [-0.25, -0.2) is 4.79 Å². The van der Waals surface area contributed by atoms with Gasteiger partial charge in [0.15, 0.2) is 0 Å². The summed E-state index contributed by atoms with van der Waals surface area (Å²) in [6.07, 6.45) is 12.6. The molecule has 31 heavy (non-hydrogen) atoms. The first-order chi connectivity index (χ1) is 15.2. The van der Waals surface area contributed by atoms with Gasteiger partial charge in [-0.3, -0.25) is 0 Å². The molecule has 0 bridgehead atoms. The van der Waals surface area contributed by atoms with Gasteiger partial charge in [0.05, 0.1) is 6.61 Å². The highest BCUT2D eigenvalue weighted by atomic mass is 16.7. The van der Waals surface area contributed by atoms with Crippen molar-refractivity contribution in [3.63, 3.8) is 0 Å². The minimum Gasteiger partial charge on any atom is -0.434 e. The summed E-state index contributed by atoms with van der Waals surface area (Å²) in [7, 11) is 0. The molecule has 0 aliphatic carbocycles. The van der Waals surface area contributed by atoms with Crippen LogP contribution in [0.3, 0.4) is 0 Å². The van der Waals surface area contributed by atoms with E-state index in [4.69, 9.17) is 9.47 Å². The van der Waals surface area contributed by atoms with E-state index in [1.165, 1.54) is 36.0 Å². The molecule has 0 fully saturated rings. The van der Waals surface area contributed by atoms with Crippen molar-refractivity contribution in [2.45, 2.75) is 90.9 Å². The maximum atomic E-state index is 12.2. The van der Waals surface area contributed by atoms with E-state index < -0.39 is 6.16 Å². The highest BCUT2D eigenvalue weighted by Crippen LogP contribution is 2.26. The van der Waals surface area contributed by atoms with Gasteiger partial charge in [-0.1, -0.05) is 88.4 Å². The topological polar surface area (TPSA) is 35.5 Å². The second-order valence-corrected chi connectivity index (χ2v) is 8.30. The number of aryl methyl sites for hydroxylation is 2. The fourth-order valence-electron chi connectivity index (χ4n) is 3.83. The molecule has 0 saturated heterocycles. The molecule has 2 aromatic rings. The summed E-state index contributed by atoms with van der Waals surface area (Å²) in [4.78, 5) is 12.2. The van der Waals surface area contributed by atoms with Crippen molar-refractivity contribution < 1.29 is 14.3 Å². The van der Waals surface area contributed by atoms with Crippen LogP contribution in [0.25, 0.3) is 0 Å². The van der Waals surface area contributed by atoms with E-state index in [1.807, 2.05) is 12.1 Å². The van der Waals surface area contributed by atoms with E-state index in [2.05, 4.69) is 50.2 Å². The van der Waals surface area contributed by atoms with Crippen molar-refractivity contribution in [3.05, 3.63) is 65.2 Å². The van der Waals surface area contributed by atoms with Crippen LogP contribution in [0, 0.1) is 0 Å². The lowest BCUT2D eigenvalue weighted by Gasteiger charge is -2.14. The van der Waals surface area contributed by atoms with Crippen LogP contribution in [0.4, 0.5) is 4.79 Å². The zero-order valence-electron chi connectivity index (χ0n) is 19.5. The normalized spacial score (nSPS) is 10.8. The number of benzene rings is 2. The van der Waals surface area contributed by atoms with E-state index in [-0.39, 0.29) is 0 Å². The monoisotopic (exact) mass is 424 g/mol. The summed E-state index contributed by atoms with van der Waals surface area (Å²) in [6.45, 7) is 4.81. The Morgan fingerprint density at radius 3 is 2.19 bits per heavy atom. The summed E-state index contributed by atoms with van der Waals surface area (Å²) in [5.41, 5.74) is 3.88. The Kier molecular flexibility index (Phi) is 12.5. The summed E-state index contributed by atoms with van der Waals surface area (Å²) in [5, 5.41) is 0. The molecule has 2 aromatic carbocycles. The second kappa shape index (κ2) is 15.5. The molecule has 0 aliphatic rings. The van der Waals surface area contributed by atoms with E-state index in [0.29, 0.717) is 12.4 Å². The van der Waals surface area contributed by atoms with Crippen LogP contribution < -0.4 is 4.74 Å². The third-order valence-corrected chi connectivity index (χ3v) is 5.68. The highest BCUT2D eigenvalue weighted by molar-refractivity contribution is 5.65. The Labute approximate surface area is 189 Å². The average molecular weight is 425 g/mol. The second-order valence-electron chi connectivity index (χ2n) is 8.30. The lowest BCUT2D eigenvalue weighted by Crippen LogP contribution is -2.13. The van der Waals surface area contributed by atoms with E-state index in [0.717, 1.165) is 57.8 Å². The molecule has 170 valence electrons. The van der Waals surface area contributed by atoms with Gasteiger partial charge in [0.1, 0.15) is 5.75 Å². The molecule has 0 spiro atoms. The Hall–Kier alpha value is -2.29. The largest absolute Gasteiger partial charge is 0.513 e. The standard InChI is InChI=1S/C28H40O3/c1-3-5-19-25-20-15-22-27(26(25)21-6-4-2)31-28(29)30-23-14-9-7-8-11-16-24-17-12-10-13-18-24/h10,12-13,15,17-18,20,22H,3-9,11,14,16,19,21,23H2,1-2H3. The Morgan fingerprint density at radius 1 is 0.710 bits per heavy atom. The lowest BCUT2D eigenvalue weighted by atomic mass is 9.97. The smallest absolute Gasteiger partial charge is 0.434 e. The number of carbonyl (C=O) groups excluding carboxylic acids is 1. The minimum absolute atomic E-state index is 0.428. The summed E-state index contributed by atoms with van der Waals surface area (Å²) < 4.78 is 10.9. The first-order valence-electron chi connectivity index (χ1n) is 12.2. The average Bonchev–Trinajstić information content (AvgIpc) is 2.79. The van der Waals surface area contributed by atoms with Crippen molar-refractivity contribution in [2.24, 2.45) is 0 Å². The van der Waals surface area contributed by atoms with Gasteiger partial charge in [0.25, 0.3) is 0 Å². The van der Waals surface area contributed by atoms with Gasteiger partial charge in [-0.2, -0.15) is 0 Å². The predicted octanol–water partition coefficient (Wildman–Crippen LogP) is 8.08. The quantitative estimate of drug-likeness (QED) is 0.165. The zero-order chi connectivity index (χ0) is 22.2. The minimum atomic E-state index is -0.575. The number of ether oxygens (including phenoxy) is 2. The molecule has 0 atom stereocenters. The Balaban J connectivity index is 1.67. The fourth-order valence-corrected chi connectivity index (χ4v) is 3.83. The lowest BCUT2D eigenvalue weighted by molar-refractivity contribution is 0.0969. The molecule has 0 amide bonds. The van der Waals surface area contributed by atoms with Crippen LogP contribution in [-0.4, -0.2) is 12.8 Å². The highest BCUT2D eigenvalue weighted by Gasteiger charge is 2.13. The first-order valence-corrected chi connectivity index (χ1v) is 12.2. The fraction of sp³-hybridized carbons (Fsp3) is 0.536. The Bertz CT molecular complexity index is 739. The van der Waals surface area contributed by atoms with Gasteiger partial charge in [-0.15, -0.1) is 0 Å². The van der Waals surface area contributed by atoms with Crippen LogP contribution in [0.15, 0.2) is 48.5 Å². The van der Waals surface area contributed by atoms with Crippen molar-refractivity contribution in [3.8, 4) is 5.75 Å².